The van der Waals surface area contributed by atoms with Crippen molar-refractivity contribution in [1.82, 2.24) is 15.5 Å². The number of amides is 2. The van der Waals surface area contributed by atoms with E-state index in [4.69, 9.17) is 9.26 Å². The molecule has 8 nitrogen and oxygen atoms in total. The minimum atomic E-state index is -0.845. The van der Waals surface area contributed by atoms with Gasteiger partial charge in [0.05, 0.1) is 0 Å². The normalized spacial score (nSPS) is 11.5. The van der Waals surface area contributed by atoms with Gasteiger partial charge in [-0.05, 0) is 31.5 Å². The summed E-state index contributed by atoms with van der Waals surface area (Å²) in [5, 5.41) is 9.05. The van der Waals surface area contributed by atoms with E-state index in [1.165, 1.54) is 6.92 Å². The van der Waals surface area contributed by atoms with E-state index in [9.17, 15) is 9.59 Å². The first-order valence-corrected chi connectivity index (χ1v) is 8.70. The monoisotopic (exact) mass is 380 g/mol. The molecule has 0 aliphatic heterocycles. The van der Waals surface area contributed by atoms with E-state index in [2.05, 4.69) is 20.8 Å². The average molecular weight is 380 g/mol. The maximum absolute atomic E-state index is 12.1. The van der Waals surface area contributed by atoms with Crippen LogP contribution < -0.4 is 10.6 Å². The number of carbonyl (C=O) groups excluding carboxylic acids is 2. The number of anilines is 1. The number of hydrogen-bond acceptors (Lipinski definition) is 6. The molecule has 0 saturated carbocycles. The van der Waals surface area contributed by atoms with E-state index in [1.807, 2.05) is 37.3 Å². The molecule has 2 N–H and O–H groups in total. The molecule has 0 saturated heterocycles. The van der Waals surface area contributed by atoms with E-state index < -0.39 is 18.0 Å². The van der Waals surface area contributed by atoms with Gasteiger partial charge in [0.25, 0.3) is 5.89 Å². The number of aromatic nitrogens is 2. The summed E-state index contributed by atoms with van der Waals surface area (Å²) in [5.41, 5.74) is 2.47. The lowest BCUT2D eigenvalue weighted by Crippen LogP contribution is -2.41. The second-order valence-corrected chi connectivity index (χ2v) is 6.12. The lowest BCUT2D eigenvalue weighted by Gasteiger charge is -2.13. The lowest BCUT2D eigenvalue weighted by atomic mass is 10.1. The van der Waals surface area contributed by atoms with Crippen molar-refractivity contribution in [3.63, 3.8) is 0 Å². The van der Waals surface area contributed by atoms with Crippen molar-refractivity contribution in [2.45, 2.75) is 26.5 Å². The Labute approximate surface area is 161 Å². The summed E-state index contributed by atoms with van der Waals surface area (Å²) >= 11 is 0. The van der Waals surface area contributed by atoms with Crippen LogP contribution >= 0.6 is 0 Å². The van der Waals surface area contributed by atoms with Gasteiger partial charge < -0.3 is 19.9 Å². The van der Waals surface area contributed by atoms with Gasteiger partial charge in [-0.15, -0.1) is 0 Å². The van der Waals surface area contributed by atoms with Crippen LogP contribution in [0.5, 0.6) is 0 Å². The van der Waals surface area contributed by atoms with Crippen LogP contribution in [0.25, 0.3) is 11.4 Å². The molecule has 28 heavy (non-hydrogen) atoms. The standard InChI is InChI=1S/C20H20N4O4/c1-13-8-6-7-11-16(13)18-23-17(28-24-18)12-27-19(25)14(2)21-20(26)22-15-9-4-3-5-10-15/h3-11,14H,12H2,1-2H3,(H2,21,22,26). The molecule has 0 fully saturated rings. The molecule has 144 valence electrons. The van der Waals surface area contributed by atoms with Crippen LogP contribution in [0.3, 0.4) is 0 Å². The van der Waals surface area contributed by atoms with E-state index in [0.717, 1.165) is 11.1 Å². The van der Waals surface area contributed by atoms with E-state index >= 15 is 0 Å². The summed E-state index contributed by atoms with van der Waals surface area (Å²) in [6.45, 7) is 3.29. The molecule has 1 heterocycles. The topological polar surface area (TPSA) is 106 Å². The molecule has 2 amide bonds. The first kappa shape index (κ1) is 19.1. The highest BCUT2D eigenvalue weighted by Gasteiger charge is 2.19. The average Bonchev–Trinajstić information content (AvgIpc) is 3.16. The largest absolute Gasteiger partial charge is 0.454 e. The van der Waals surface area contributed by atoms with Gasteiger partial charge in [0.15, 0.2) is 6.61 Å². The van der Waals surface area contributed by atoms with Crippen LogP contribution in [0, 0.1) is 6.92 Å². The third kappa shape index (κ3) is 4.94. The molecular weight excluding hydrogens is 360 g/mol. The number of aryl methyl sites for hydroxylation is 1. The second-order valence-electron chi connectivity index (χ2n) is 6.12. The van der Waals surface area contributed by atoms with Crippen molar-refractivity contribution in [3.8, 4) is 11.4 Å². The number of urea groups is 1. The van der Waals surface area contributed by atoms with E-state index in [1.54, 1.807) is 24.3 Å². The van der Waals surface area contributed by atoms with E-state index in [-0.39, 0.29) is 12.5 Å². The molecule has 0 aliphatic carbocycles. The highest BCUT2D eigenvalue weighted by Crippen LogP contribution is 2.19. The summed E-state index contributed by atoms with van der Waals surface area (Å²) in [6, 6.07) is 15.2. The Morgan fingerprint density at radius 1 is 1.11 bits per heavy atom. The third-order valence-corrected chi connectivity index (χ3v) is 3.92. The molecule has 1 unspecified atom stereocenters. The van der Waals surface area contributed by atoms with Gasteiger partial charge in [0.2, 0.25) is 5.82 Å². The zero-order valence-corrected chi connectivity index (χ0v) is 15.5. The summed E-state index contributed by atoms with van der Waals surface area (Å²) < 4.78 is 10.3. The van der Waals surface area contributed by atoms with Gasteiger partial charge in [-0.1, -0.05) is 47.6 Å². The molecule has 0 bridgehead atoms. The molecule has 2 aromatic carbocycles. The molecule has 3 rings (SSSR count). The highest BCUT2D eigenvalue weighted by atomic mass is 16.6. The lowest BCUT2D eigenvalue weighted by molar-refractivity contribution is -0.147. The second kappa shape index (κ2) is 8.81. The Hall–Kier alpha value is -3.68. The number of ether oxygens (including phenoxy) is 1. The minimum absolute atomic E-state index is 0.174. The Morgan fingerprint density at radius 3 is 2.57 bits per heavy atom. The SMILES string of the molecule is Cc1ccccc1-c1noc(COC(=O)C(C)NC(=O)Nc2ccccc2)n1. The molecule has 1 aromatic heterocycles. The summed E-state index contributed by atoms with van der Waals surface area (Å²) in [4.78, 5) is 28.2. The van der Waals surface area contributed by atoms with Crippen LogP contribution in [0.2, 0.25) is 0 Å². The first-order valence-electron chi connectivity index (χ1n) is 8.70. The highest BCUT2D eigenvalue weighted by molar-refractivity contribution is 5.92. The molecule has 0 aliphatic rings. The molecule has 0 spiro atoms. The van der Waals surface area contributed by atoms with Gasteiger partial charge in [0.1, 0.15) is 6.04 Å². The number of hydrogen-bond donors (Lipinski definition) is 2. The smallest absolute Gasteiger partial charge is 0.328 e. The molecule has 8 heteroatoms. The minimum Gasteiger partial charge on any atom is -0.454 e. The van der Waals surface area contributed by atoms with Crippen LogP contribution in [-0.4, -0.2) is 28.2 Å². The van der Waals surface area contributed by atoms with Gasteiger partial charge in [-0.2, -0.15) is 4.98 Å². The van der Waals surface area contributed by atoms with Crippen LogP contribution in [0.1, 0.15) is 18.4 Å². The third-order valence-electron chi connectivity index (χ3n) is 3.92. The van der Waals surface area contributed by atoms with Crippen molar-refractivity contribution < 1.29 is 18.8 Å². The van der Waals surface area contributed by atoms with Gasteiger partial charge in [0, 0.05) is 11.3 Å². The van der Waals surface area contributed by atoms with Crippen molar-refractivity contribution in [2.75, 3.05) is 5.32 Å². The van der Waals surface area contributed by atoms with Crippen LogP contribution in [0.15, 0.2) is 59.1 Å². The molecular formula is C20H20N4O4. The maximum atomic E-state index is 12.1. The van der Waals surface area contributed by atoms with Gasteiger partial charge in [-0.3, -0.25) is 0 Å². The quantitative estimate of drug-likeness (QED) is 0.636. The zero-order valence-electron chi connectivity index (χ0n) is 15.5. The van der Waals surface area contributed by atoms with Gasteiger partial charge in [-0.25, -0.2) is 9.59 Å². The molecule has 0 radical (unpaired) electrons. The number of nitrogens with zero attached hydrogens (tertiary/aromatic N) is 2. The predicted molar refractivity (Wildman–Crippen MR) is 102 cm³/mol. The summed E-state index contributed by atoms with van der Waals surface area (Å²) in [5.74, 6) is -0.0102. The first-order chi connectivity index (χ1) is 13.5. The maximum Gasteiger partial charge on any atom is 0.328 e. The van der Waals surface area contributed by atoms with Gasteiger partial charge >= 0.3 is 12.0 Å². The molecule has 1 atom stereocenters. The summed E-state index contributed by atoms with van der Waals surface area (Å²) in [6.07, 6.45) is 0. The molecule has 3 aromatic rings. The Morgan fingerprint density at radius 2 is 1.82 bits per heavy atom. The fourth-order valence-electron chi connectivity index (χ4n) is 2.45. The Balaban J connectivity index is 1.50. The fraction of sp³-hybridized carbons (Fsp3) is 0.200. The Bertz CT molecular complexity index is 956. The summed E-state index contributed by atoms with van der Waals surface area (Å²) in [7, 11) is 0. The fourth-order valence-corrected chi connectivity index (χ4v) is 2.45. The predicted octanol–water partition coefficient (Wildman–Crippen LogP) is 3.30. The van der Waals surface area contributed by atoms with Crippen molar-refractivity contribution in [3.05, 3.63) is 66.1 Å². The number of nitrogens with one attached hydrogen (secondary N) is 2. The Kier molecular flexibility index (Phi) is 6.01. The van der Waals surface area contributed by atoms with Crippen molar-refractivity contribution >= 4 is 17.7 Å². The number of carbonyl (C=O) groups is 2. The zero-order chi connectivity index (χ0) is 19.9. The number of esters is 1. The van der Waals surface area contributed by atoms with E-state index in [0.29, 0.717) is 11.5 Å². The van der Waals surface area contributed by atoms with Crippen LogP contribution in [0.4, 0.5) is 10.5 Å². The van der Waals surface area contributed by atoms with Crippen molar-refractivity contribution in [1.29, 1.82) is 0 Å². The number of para-hydroxylation sites is 1. The number of rotatable bonds is 6. The van der Waals surface area contributed by atoms with Crippen molar-refractivity contribution in [2.24, 2.45) is 0 Å². The van der Waals surface area contributed by atoms with Crippen LogP contribution in [-0.2, 0) is 16.1 Å². The number of benzene rings is 2.